The zero-order valence-corrected chi connectivity index (χ0v) is 9.85. The maximum absolute atomic E-state index is 3.21. The monoisotopic (exact) mass is 219 g/mol. The van der Waals surface area contributed by atoms with Crippen LogP contribution in [0.3, 0.4) is 0 Å². The van der Waals surface area contributed by atoms with E-state index in [1.165, 1.54) is 45.6 Å². The molecule has 0 aromatic rings. The molecule has 3 nitrogen and oxygen atoms in total. The maximum Gasteiger partial charge on any atom is 0.0113 e. The molecule has 0 atom stereocenters. The van der Waals surface area contributed by atoms with Crippen LogP contribution in [0.1, 0.15) is 12.8 Å². The number of nitrogens with zero attached hydrogens (tertiary/aromatic N) is 2. The van der Waals surface area contributed by atoms with Gasteiger partial charge in [-0.1, -0.05) is 0 Å². The van der Waals surface area contributed by atoms with E-state index in [4.69, 9.17) is 0 Å². The molecule has 0 spiro atoms. The molecule has 1 saturated heterocycles. The van der Waals surface area contributed by atoms with Gasteiger partial charge in [0.15, 0.2) is 0 Å². The largest absolute Gasteiger partial charge is 0.318 e. The molecule has 0 unspecified atom stereocenters. The Morgan fingerprint density at radius 3 is 2.29 bits per heavy atom. The Labute approximate surface area is 93.2 Å². The van der Waals surface area contributed by atoms with E-state index in [0.29, 0.717) is 0 Å². The van der Waals surface area contributed by atoms with Crippen molar-refractivity contribution in [2.45, 2.75) is 18.9 Å². The van der Waals surface area contributed by atoms with E-state index in [-0.39, 0.29) is 12.4 Å². The van der Waals surface area contributed by atoms with Gasteiger partial charge >= 0.3 is 0 Å². The molecule has 1 saturated carbocycles. The summed E-state index contributed by atoms with van der Waals surface area (Å²) in [5.74, 6) is 0. The molecule has 2 rings (SSSR count). The van der Waals surface area contributed by atoms with Crippen LogP contribution in [0, 0.1) is 0 Å². The van der Waals surface area contributed by atoms with Crippen LogP contribution in [0.25, 0.3) is 0 Å². The fourth-order valence-corrected chi connectivity index (χ4v) is 2.06. The minimum Gasteiger partial charge on any atom is -0.318 e. The van der Waals surface area contributed by atoms with Crippen LogP contribution in [0.5, 0.6) is 0 Å². The van der Waals surface area contributed by atoms with Gasteiger partial charge in [0.25, 0.3) is 0 Å². The van der Waals surface area contributed by atoms with Crippen LogP contribution in [0.4, 0.5) is 0 Å². The molecule has 1 aliphatic carbocycles. The lowest BCUT2D eigenvalue weighted by Crippen LogP contribution is -2.48. The highest BCUT2D eigenvalue weighted by atomic mass is 35.5. The minimum atomic E-state index is 0. The quantitative estimate of drug-likeness (QED) is 0.739. The number of rotatable bonds is 4. The predicted octanol–water partition coefficient (Wildman–Crippen LogP) is 0.408. The highest BCUT2D eigenvalue weighted by molar-refractivity contribution is 5.85. The molecule has 2 fully saturated rings. The molecule has 0 amide bonds. The topological polar surface area (TPSA) is 18.5 Å². The normalized spacial score (nSPS) is 24.6. The van der Waals surface area contributed by atoms with E-state index in [1.54, 1.807) is 0 Å². The van der Waals surface area contributed by atoms with Crippen molar-refractivity contribution < 1.29 is 0 Å². The molecule has 1 aliphatic heterocycles. The van der Waals surface area contributed by atoms with Gasteiger partial charge in [0.05, 0.1) is 0 Å². The van der Waals surface area contributed by atoms with Crippen molar-refractivity contribution in [1.82, 2.24) is 15.1 Å². The summed E-state index contributed by atoms with van der Waals surface area (Å²) in [5.41, 5.74) is 0. The molecule has 4 heteroatoms. The first kappa shape index (κ1) is 12.2. The first-order valence-electron chi connectivity index (χ1n) is 5.51. The first-order chi connectivity index (χ1) is 6.40. The van der Waals surface area contributed by atoms with Crippen molar-refractivity contribution in [2.24, 2.45) is 0 Å². The Hall–Kier alpha value is 0.170. The van der Waals surface area contributed by atoms with Gasteiger partial charge in [-0.05, 0) is 19.9 Å². The Balaban J connectivity index is 0.000000980. The summed E-state index contributed by atoms with van der Waals surface area (Å²) < 4.78 is 0. The summed E-state index contributed by atoms with van der Waals surface area (Å²) >= 11 is 0. The van der Waals surface area contributed by atoms with Gasteiger partial charge in [-0.3, -0.25) is 9.80 Å². The maximum atomic E-state index is 3.21. The summed E-state index contributed by atoms with van der Waals surface area (Å²) in [6.07, 6.45) is 2.91. The molecule has 84 valence electrons. The van der Waals surface area contributed by atoms with Crippen molar-refractivity contribution in [2.75, 3.05) is 46.3 Å². The highest BCUT2D eigenvalue weighted by Gasteiger charge is 2.30. The van der Waals surface area contributed by atoms with Crippen LogP contribution < -0.4 is 5.32 Å². The third-order valence-electron chi connectivity index (χ3n) is 3.15. The average molecular weight is 220 g/mol. The number of hydrogen-bond donors (Lipinski definition) is 1. The van der Waals surface area contributed by atoms with Gasteiger partial charge in [-0.2, -0.15) is 0 Å². The Kier molecular flexibility index (Phi) is 5.17. The zero-order chi connectivity index (χ0) is 9.10. The number of halogens is 1. The molecule has 0 aromatic heterocycles. The van der Waals surface area contributed by atoms with Crippen molar-refractivity contribution in [3.63, 3.8) is 0 Å². The van der Waals surface area contributed by atoms with Crippen molar-refractivity contribution in [1.29, 1.82) is 0 Å². The van der Waals surface area contributed by atoms with Crippen molar-refractivity contribution in [3.8, 4) is 0 Å². The standard InChI is InChI=1S/C10H21N3.ClH/c1-11-4-5-12-6-8-13(9-7-12)10-2-3-10;/h10-11H,2-9H2,1H3;1H. The van der Waals surface area contributed by atoms with Gasteiger partial charge < -0.3 is 5.32 Å². The van der Waals surface area contributed by atoms with E-state index in [1.807, 2.05) is 7.05 Å². The zero-order valence-electron chi connectivity index (χ0n) is 9.04. The van der Waals surface area contributed by atoms with Crippen LogP contribution in [-0.4, -0.2) is 62.2 Å². The first-order valence-corrected chi connectivity index (χ1v) is 5.51. The lowest BCUT2D eigenvalue weighted by molar-refractivity contribution is 0.128. The molecular weight excluding hydrogens is 198 g/mol. The Morgan fingerprint density at radius 2 is 1.79 bits per heavy atom. The molecule has 1 heterocycles. The SMILES string of the molecule is CNCCN1CCN(C2CC2)CC1.Cl. The summed E-state index contributed by atoms with van der Waals surface area (Å²) in [6, 6.07) is 0.964. The third-order valence-corrected chi connectivity index (χ3v) is 3.15. The van der Waals surface area contributed by atoms with Gasteiger partial charge in [0, 0.05) is 45.3 Å². The molecular formula is C10H22ClN3. The van der Waals surface area contributed by atoms with Crippen molar-refractivity contribution >= 4 is 12.4 Å². The Bertz CT molecular complexity index is 153. The number of hydrogen-bond acceptors (Lipinski definition) is 3. The molecule has 0 radical (unpaired) electrons. The van der Waals surface area contributed by atoms with Crippen LogP contribution in [0.2, 0.25) is 0 Å². The van der Waals surface area contributed by atoms with E-state index in [2.05, 4.69) is 15.1 Å². The van der Waals surface area contributed by atoms with Gasteiger partial charge in [-0.15, -0.1) is 12.4 Å². The van der Waals surface area contributed by atoms with Crippen LogP contribution >= 0.6 is 12.4 Å². The molecule has 1 N–H and O–H groups in total. The summed E-state index contributed by atoms with van der Waals surface area (Å²) in [7, 11) is 2.03. The molecule has 2 aliphatic rings. The van der Waals surface area contributed by atoms with E-state index >= 15 is 0 Å². The minimum absolute atomic E-state index is 0. The van der Waals surface area contributed by atoms with Crippen molar-refractivity contribution in [3.05, 3.63) is 0 Å². The van der Waals surface area contributed by atoms with E-state index < -0.39 is 0 Å². The number of nitrogens with one attached hydrogen (secondary N) is 1. The van der Waals surface area contributed by atoms with E-state index in [9.17, 15) is 0 Å². The Morgan fingerprint density at radius 1 is 1.14 bits per heavy atom. The molecule has 14 heavy (non-hydrogen) atoms. The van der Waals surface area contributed by atoms with Gasteiger partial charge in [0.1, 0.15) is 0 Å². The number of piperazine rings is 1. The van der Waals surface area contributed by atoms with Gasteiger partial charge in [0.2, 0.25) is 0 Å². The average Bonchev–Trinajstić information content (AvgIpc) is 2.99. The second-order valence-corrected chi connectivity index (χ2v) is 4.21. The summed E-state index contributed by atoms with van der Waals surface area (Å²) in [5, 5.41) is 3.21. The second-order valence-electron chi connectivity index (χ2n) is 4.21. The van der Waals surface area contributed by atoms with Crippen LogP contribution in [-0.2, 0) is 0 Å². The summed E-state index contributed by atoms with van der Waals surface area (Å²) in [4.78, 5) is 5.23. The second kappa shape index (κ2) is 5.91. The fraction of sp³-hybridized carbons (Fsp3) is 1.00. The smallest absolute Gasteiger partial charge is 0.0113 e. The van der Waals surface area contributed by atoms with E-state index in [0.717, 1.165) is 12.6 Å². The van der Waals surface area contributed by atoms with Crippen LogP contribution in [0.15, 0.2) is 0 Å². The lowest BCUT2D eigenvalue weighted by Gasteiger charge is -2.34. The van der Waals surface area contributed by atoms with Gasteiger partial charge in [-0.25, -0.2) is 0 Å². The third kappa shape index (κ3) is 3.39. The summed E-state index contributed by atoms with van der Waals surface area (Å²) in [6.45, 7) is 7.50. The number of likely N-dealkylation sites (N-methyl/N-ethyl adjacent to an activating group) is 1. The fourth-order valence-electron chi connectivity index (χ4n) is 2.06. The highest BCUT2D eigenvalue weighted by Crippen LogP contribution is 2.27. The lowest BCUT2D eigenvalue weighted by atomic mass is 10.3. The molecule has 0 bridgehead atoms. The molecule has 0 aromatic carbocycles. The predicted molar refractivity (Wildman–Crippen MR) is 62.2 cm³/mol.